The monoisotopic (exact) mass is 271 g/mol. The number of halogens is 1. The molecule has 0 bridgehead atoms. The van der Waals surface area contributed by atoms with Crippen molar-refractivity contribution in [2.45, 2.75) is 6.92 Å². The fourth-order valence-electron chi connectivity index (χ4n) is 1.33. The average molecular weight is 272 g/mol. The fraction of sp³-hybridized carbons (Fsp3) is 0.300. The predicted molar refractivity (Wildman–Crippen MR) is 58.7 cm³/mol. The van der Waals surface area contributed by atoms with E-state index in [1.165, 1.54) is 0 Å². The number of hydrogen-bond donors (Lipinski definition) is 1. The van der Waals surface area contributed by atoms with E-state index in [0.29, 0.717) is 23.7 Å². The van der Waals surface area contributed by atoms with Gasteiger partial charge < -0.3 is 14.2 Å². The zero-order valence-corrected chi connectivity index (χ0v) is 9.76. The van der Waals surface area contributed by atoms with Crippen molar-refractivity contribution in [3.63, 3.8) is 0 Å². The molecular formula is C10H10BrNO3. The van der Waals surface area contributed by atoms with E-state index in [2.05, 4.69) is 15.9 Å². The Morgan fingerprint density at radius 2 is 2.33 bits per heavy atom. The van der Waals surface area contributed by atoms with Crippen molar-refractivity contribution in [3.05, 3.63) is 22.2 Å². The van der Waals surface area contributed by atoms with Gasteiger partial charge in [-0.2, -0.15) is 0 Å². The van der Waals surface area contributed by atoms with Crippen LogP contribution in [0.4, 0.5) is 0 Å². The molecule has 4 nitrogen and oxygen atoms in total. The maximum absolute atomic E-state index is 7.65. The number of nitrogens with one attached hydrogen (secondary N) is 1. The lowest BCUT2D eigenvalue weighted by atomic mass is 10.2. The van der Waals surface area contributed by atoms with Crippen LogP contribution in [0.15, 0.2) is 16.6 Å². The number of benzene rings is 1. The highest BCUT2D eigenvalue weighted by atomic mass is 79.9. The van der Waals surface area contributed by atoms with Gasteiger partial charge in [-0.25, -0.2) is 0 Å². The predicted octanol–water partition coefficient (Wildman–Crippen LogP) is 2.54. The molecular weight excluding hydrogens is 262 g/mol. The molecule has 15 heavy (non-hydrogen) atoms. The Hall–Kier alpha value is -1.23. The highest BCUT2D eigenvalue weighted by Crippen LogP contribution is 2.40. The summed E-state index contributed by atoms with van der Waals surface area (Å²) in [5.74, 6) is 1.46. The molecule has 1 aromatic rings. The Labute approximate surface area is 95.8 Å². The minimum absolute atomic E-state index is 0.136. The van der Waals surface area contributed by atoms with Crippen LogP contribution in [0.3, 0.4) is 0 Å². The molecule has 0 saturated heterocycles. The number of ether oxygens (including phenoxy) is 3. The van der Waals surface area contributed by atoms with Crippen molar-refractivity contribution >= 4 is 21.8 Å². The largest absolute Gasteiger partial charge is 0.478 e. The highest BCUT2D eigenvalue weighted by molar-refractivity contribution is 9.10. The molecule has 1 heterocycles. The maximum Gasteiger partial charge on any atom is 0.231 e. The lowest BCUT2D eigenvalue weighted by Crippen LogP contribution is -2.04. The Balaban J connectivity index is 2.35. The van der Waals surface area contributed by atoms with E-state index in [-0.39, 0.29) is 12.7 Å². The minimum Gasteiger partial charge on any atom is -0.478 e. The number of hydrogen-bond acceptors (Lipinski definition) is 4. The summed E-state index contributed by atoms with van der Waals surface area (Å²) in [4.78, 5) is 0. The molecule has 0 aromatic heterocycles. The molecule has 1 aliphatic heterocycles. The van der Waals surface area contributed by atoms with E-state index in [9.17, 15) is 0 Å². The Morgan fingerprint density at radius 1 is 1.53 bits per heavy atom. The first-order chi connectivity index (χ1) is 7.22. The van der Waals surface area contributed by atoms with Crippen LogP contribution in [0.5, 0.6) is 11.5 Å². The summed E-state index contributed by atoms with van der Waals surface area (Å²) in [6, 6.07) is 3.52. The molecule has 80 valence electrons. The molecule has 0 fully saturated rings. The van der Waals surface area contributed by atoms with E-state index >= 15 is 0 Å². The third-order valence-electron chi connectivity index (χ3n) is 1.98. The van der Waals surface area contributed by atoms with E-state index in [1.54, 1.807) is 12.1 Å². The maximum atomic E-state index is 7.65. The lowest BCUT2D eigenvalue weighted by molar-refractivity contribution is 0.173. The SMILES string of the molecule is CCOC(=N)c1cc(Br)c2c(c1)OCO2. The summed E-state index contributed by atoms with van der Waals surface area (Å²) in [6.07, 6.45) is 0. The van der Waals surface area contributed by atoms with Gasteiger partial charge in [0.05, 0.1) is 11.1 Å². The summed E-state index contributed by atoms with van der Waals surface area (Å²) in [6.45, 7) is 2.54. The number of fused-ring (bicyclic) bond motifs is 1. The van der Waals surface area contributed by atoms with Crippen LogP contribution < -0.4 is 9.47 Å². The molecule has 1 aromatic carbocycles. The van der Waals surface area contributed by atoms with Gasteiger partial charge in [0, 0.05) is 5.56 Å². The van der Waals surface area contributed by atoms with Crippen molar-refractivity contribution in [1.29, 1.82) is 5.41 Å². The van der Waals surface area contributed by atoms with Crippen molar-refractivity contribution in [1.82, 2.24) is 0 Å². The van der Waals surface area contributed by atoms with Crippen LogP contribution in [-0.4, -0.2) is 19.3 Å². The minimum atomic E-state index is 0.136. The fourth-order valence-corrected chi connectivity index (χ4v) is 1.88. The van der Waals surface area contributed by atoms with Gasteiger partial charge in [-0.3, -0.25) is 5.41 Å². The van der Waals surface area contributed by atoms with Crippen LogP contribution in [0.1, 0.15) is 12.5 Å². The summed E-state index contributed by atoms with van der Waals surface area (Å²) in [7, 11) is 0. The van der Waals surface area contributed by atoms with Crippen LogP contribution in [0.2, 0.25) is 0 Å². The smallest absolute Gasteiger partial charge is 0.231 e. The van der Waals surface area contributed by atoms with E-state index in [1.807, 2.05) is 6.92 Å². The van der Waals surface area contributed by atoms with Crippen LogP contribution in [-0.2, 0) is 4.74 Å². The third-order valence-corrected chi connectivity index (χ3v) is 2.57. The Bertz CT molecular complexity index is 406. The summed E-state index contributed by atoms with van der Waals surface area (Å²) >= 11 is 3.36. The standard InChI is InChI=1S/C10H10BrNO3/c1-2-13-10(12)6-3-7(11)9-8(4-6)14-5-15-9/h3-4,12H,2,5H2,1H3. The zero-order valence-electron chi connectivity index (χ0n) is 8.17. The Kier molecular flexibility index (Phi) is 2.81. The van der Waals surface area contributed by atoms with Crippen molar-refractivity contribution in [2.75, 3.05) is 13.4 Å². The lowest BCUT2D eigenvalue weighted by Gasteiger charge is -2.06. The molecule has 0 unspecified atom stereocenters. The first kappa shape index (κ1) is 10.3. The third kappa shape index (κ3) is 1.92. The Morgan fingerprint density at radius 3 is 3.07 bits per heavy atom. The topological polar surface area (TPSA) is 51.5 Å². The van der Waals surface area contributed by atoms with Gasteiger partial charge in [-0.15, -0.1) is 0 Å². The van der Waals surface area contributed by atoms with Gasteiger partial charge in [-0.05, 0) is 35.0 Å². The second-order valence-electron chi connectivity index (χ2n) is 2.95. The molecule has 1 N–H and O–H groups in total. The van der Waals surface area contributed by atoms with Crippen LogP contribution in [0, 0.1) is 5.41 Å². The van der Waals surface area contributed by atoms with Crippen LogP contribution >= 0.6 is 15.9 Å². The number of rotatable bonds is 2. The molecule has 0 radical (unpaired) electrons. The quantitative estimate of drug-likeness (QED) is 0.664. The van der Waals surface area contributed by atoms with Crippen molar-refractivity contribution < 1.29 is 14.2 Å². The molecule has 0 aliphatic carbocycles. The van der Waals surface area contributed by atoms with Crippen LogP contribution in [0.25, 0.3) is 0 Å². The average Bonchev–Trinajstić information content (AvgIpc) is 2.66. The molecule has 0 spiro atoms. The van der Waals surface area contributed by atoms with Gasteiger partial charge in [0.15, 0.2) is 11.5 Å². The molecule has 0 amide bonds. The molecule has 0 atom stereocenters. The summed E-state index contributed by atoms with van der Waals surface area (Å²) in [5.41, 5.74) is 0.674. The summed E-state index contributed by atoms with van der Waals surface area (Å²) < 4.78 is 16.4. The molecule has 0 saturated carbocycles. The van der Waals surface area contributed by atoms with Gasteiger partial charge in [0.1, 0.15) is 0 Å². The molecule has 2 rings (SSSR count). The second-order valence-corrected chi connectivity index (χ2v) is 3.81. The second kappa shape index (κ2) is 4.10. The first-order valence-electron chi connectivity index (χ1n) is 4.53. The normalized spacial score (nSPS) is 12.7. The van der Waals surface area contributed by atoms with E-state index < -0.39 is 0 Å². The van der Waals surface area contributed by atoms with E-state index in [4.69, 9.17) is 19.6 Å². The first-order valence-corrected chi connectivity index (χ1v) is 5.32. The van der Waals surface area contributed by atoms with Gasteiger partial charge in [0.2, 0.25) is 12.7 Å². The molecule has 5 heteroatoms. The highest BCUT2D eigenvalue weighted by Gasteiger charge is 2.19. The van der Waals surface area contributed by atoms with Gasteiger partial charge >= 0.3 is 0 Å². The van der Waals surface area contributed by atoms with Gasteiger partial charge in [0.25, 0.3) is 0 Å². The van der Waals surface area contributed by atoms with Crippen molar-refractivity contribution in [3.8, 4) is 11.5 Å². The zero-order chi connectivity index (χ0) is 10.8. The molecule has 1 aliphatic rings. The summed E-state index contributed by atoms with van der Waals surface area (Å²) in [5, 5.41) is 7.65. The van der Waals surface area contributed by atoms with Crippen molar-refractivity contribution in [2.24, 2.45) is 0 Å². The van der Waals surface area contributed by atoms with E-state index in [0.717, 1.165) is 4.47 Å². The van der Waals surface area contributed by atoms with Gasteiger partial charge in [-0.1, -0.05) is 0 Å².